The molecule has 1 fully saturated rings. The van der Waals surface area contributed by atoms with Crippen molar-refractivity contribution in [3.8, 4) is 0 Å². The van der Waals surface area contributed by atoms with Crippen molar-refractivity contribution in [1.82, 2.24) is 0 Å². The second-order valence-electron chi connectivity index (χ2n) is 7.33. The fourth-order valence-corrected chi connectivity index (χ4v) is 4.29. The average molecular weight is 299 g/mol. The van der Waals surface area contributed by atoms with E-state index < -0.39 is 0 Å². The third kappa shape index (κ3) is 6.87. The maximum atomic E-state index is 4.61. The highest BCUT2D eigenvalue weighted by atomic mass is 32.1. The molecule has 0 heterocycles. The predicted molar refractivity (Wildman–Crippen MR) is 95.6 cm³/mol. The highest BCUT2D eigenvalue weighted by molar-refractivity contribution is 7.80. The molecule has 0 aromatic heterocycles. The predicted octanol–water partition coefficient (Wildman–Crippen LogP) is 6.75. The van der Waals surface area contributed by atoms with E-state index >= 15 is 0 Å². The van der Waals surface area contributed by atoms with Crippen molar-refractivity contribution in [3.05, 3.63) is 0 Å². The topological polar surface area (TPSA) is 0 Å². The standard InChI is InChI=1S/C19H38S/c1-4-8-17(9-5-2)10-6-11-18(15-20)14-16(3)19-12-7-13-19/h16-20H,4-15H2,1-3H3. The Bertz CT molecular complexity index is 216. The molecule has 1 aliphatic rings. The lowest BCUT2D eigenvalue weighted by atomic mass is 9.73. The van der Waals surface area contributed by atoms with Crippen LogP contribution in [0.15, 0.2) is 0 Å². The van der Waals surface area contributed by atoms with Crippen LogP contribution in [0.1, 0.15) is 91.4 Å². The minimum Gasteiger partial charge on any atom is -0.179 e. The molecule has 0 aliphatic heterocycles. The second-order valence-corrected chi connectivity index (χ2v) is 7.69. The fourth-order valence-electron chi connectivity index (χ4n) is 3.96. The molecule has 1 heteroatoms. The summed E-state index contributed by atoms with van der Waals surface area (Å²) in [6, 6.07) is 0. The van der Waals surface area contributed by atoms with Crippen molar-refractivity contribution in [3.63, 3.8) is 0 Å². The first-order chi connectivity index (χ1) is 9.71. The van der Waals surface area contributed by atoms with Crippen LogP contribution in [0.4, 0.5) is 0 Å². The van der Waals surface area contributed by atoms with Gasteiger partial charge in [0.1, 0.15) is 0 Å². The first-order valence-corrected chi connectivity index (χ1v) is 9.95. The Labute approximate surface area is 133 Å². The molecule has 20 heavy (non-hydrogen) atoms. The van der Waals surface area contributed by atoms with E-state index in [0.29, 0.717) is 0 Å². The Balaban J connectivity index is 2.18. The molecule has 0 amide bonds. The van der Waals surface area contributed by atoms with Gasteiger partial charge >= 0.3 is 0 Å². The van der Waals surface area contributed by atoms with Crippen LogP contribution in [-0.2, 0) is 0 Å². The third-order valence-electron chi connectivity index (χ3n) is 5.54. The Morgan fingerprint density at radius 3 is 2.00 bits per heavy atom. The molecular formula is C19H38S. The lowest BCUT2D eigenvalue weighted by Crippen LogP contribution is -2.22. The Morgan fingerprint density at radius 1 is 0.950 bits per heavy atom. The highest BCUT2D eigenvalue weighted by Crippen LogP contribution is 2.37. The molecule has 120 valence electrons. The van der Waals surface area contributed by atoms with Gasteiger partial charge in [0.05, 0.1) is 0 Å². The molecule has 0 aromatic carbocycles. The van der Waals surface area contributed by atoms with Gasteiger partial charge in [-0.1, -0.05) is 78.6 Å². The van der Waals surface area contributed by atoms with Gasteiger partial charge in [-0.3, -0.25) is 0 Å². The summed E-state index contributed by atoms with van der Waals surface area (Å²) in [4.78, 5) is 0. The van der Waals surface area contributed by atoms with Crippen LogP contribution in [0.2, 0.25) is 0 Å². The fraction of sp³-hybridized carbons (Fsp3) is 1.00. The van der Waals surface area contributed by atoms with Crippen LogP contribution in [0.25, 0.3) is 0 Å². The molecular weight excluding hydrogens is 260 g/mol. The van der Waals surface area contributed by atoms with Gasteiger partial charge in [0.2, 0.25) is 0 Å². The maximum absolute atomic E-state index is 4.61. The van der Waals surface area contributed by atoms with E-state index in [1.165, 1.54) is 70.6 Å². The van der Waals surface area contributed by atoms with Gasteiger partial charge in [-0.2, -0.15) is 12.6 Å². The SMILES string of the molecule is CCCC(CCC)CCCC(CS)CC(C)C1CCC1. The number of thiol groups is 1. The summed E-state index contributed by atoms with van der Waals surface area (Å²) in [6.45, 7) is 7.15. The van der Waals surface area contributed by atoms with Gasteiger partial charge in [0.25, 0.3) is 0 Å². The summed E-state index contributed by atoms with van der Waals surface area (Å²) >= 11 is 4.61. The summed E-state index contributed by atoms with van der Waals surface area (Å²) in [7, 11) is 0. The number of hydrogen-bond acceptors (Lipinski definition) is 1. The van der Waals surface area contributed by atoms with Gasteiger partial charge in [0, 0.05) is 0 Å². The summed E-state index contributed by atoms with van der Waals surface area (Å²) in [6.07, 6.45) is 15.8. The normalized spacial score (nSPS) is 19.1. The van der Waals surface area contributed by atoms with Crippen LogP contribution in [0.5, 0.6) is 0 Å². The van der Waals surface area contributed by atoms with Crippen molar-refractivity contribution in [2.75, 3.05) is 5.75 Å². The summed E-state index contributed by atoms with van der Waals surface area (Å²) in [5.74, 6) is 4.96. The monoisotopic (exact) mass is 298 g/mol. The lowest BCUT2D eigenvalue weighted by molar-refractivity contribution is 0.189. The lowest BCUT2D eigenvalue weighted by Gasteiger charge is -2.33. The largest absolute Gasteiger partial charge is 0.179 e. The van der Waals surface area contributed by atoms with Gasteiger partial charge in [-0.25, -0.2) is 0 Å². The van der Waals surface area contributed by atoms with E-state index in [1.807, 2.05) is 0 Å². The van der Waals surface area contributed by atoms with E-state index in [1.54, 1.807) is 0 Å². The zero-order valence-electron chi connectivity index (χ0n) is 14.2. The average Bonchev–Trinajstić information content (AvgIpc) is 2.35. The van der Waals surface area contributed by atoms with E-state index in [4.69, 9.17) is 0 Å². The minimum atomic E-state index is 0.873. The van der Waals surface area contributed by atoms with E-state index in [2.05, 4.69) is 33.4 Å². The molecule has 1 aliphatic carbocycles. The van der Waals surface area contributed by atoms with Gasteiger partial charge in [-0.05, 0) is 42.3 Å². The molecule has 0 aromatic rings. The van der Waals surface area contributed by atoms with Crippen LogP contribution >= 0.6 is 12.6 Å². The van der Waals surface area contributed by atoms with Crippen LogP contribution in [-0.4, -0.2) is 5.75 Å². The molecule has 0 saturated heterocycles. The smallest absolute Gasteiger partial charge is 0.00694 e. The first kappa shape index (κ1) is 18.4. The minimum absolute atomic E-state index is 0.873. The van der Waals surface area contributed by atoms with E-state index in [9.17, 15) is 0 Å². The molecule has 1 saturated carbocycles. The summed E-state index contributed by atoms with van der Waals surface area (Å²) in [5.41, 5.74) is 0. The van der Waals surface area contributed by atoms with Gasteiger partial charge in [0.15, 0.2) is 0 Å². The maximum Gasteiger partial charge on any atom is -0.00694 e. The van der Waals surface area contributed by atoms with Crippen LogP contribution in [0, 0.1) is 23.7 Å². The zero-order valence-corrected chi connectivity index (χ0v) is 15.1. The number of rotatable bonds is 12. The molecule has 0 nitrogen and oxygen atoms in total. The highest BCUT2D eigenvalue weighted by Gasteiger charge is 2.25. The van der Waals surface area contributed by atoms with Crippen molar-refractivity contribution in [2.45, 2.75) is 91.4 Å². The van der Waals surface area contributed by atoms with Crippen LogP contribution in [0.3, 0.4) is 0 Å². The van der Waals surface area contributed by atoms with Crippen molar-refractivity contribution >= 4 is 12.6 Å². The quantitative estimate of drug-likeness (QED) is 0.379. The van der Waals surface area contributed by atoms with Crippen molar-refractivity contribution in [2.24, 2.45) is 23.7 Å². The van der Waals surface area contributed by atoms with Crippen LogP contribution < -0.4 is 0 Å². The zero-order chi connectivity index (χ0) is 14.8. The molecule has 2 unspecified atom stereocenters. The van der Waals surface area contributed by atoms with Gasteiger partial charge in [-0.15, -0.1) is 0 Å². The third-order valence-corrected chi connectivity index (χ3v) is 6.05. The van der Waals surface area contributed by atoms with Crippen molar-refractivity contribution < 1.29 is 0 Å². The summed E-state index contributed by atoms with van der Waals surface area (Å²) in [5, 5.41) is 0. The molecule has 0 radical (unpaired) electrons. The Kier molecular flexibility index (Phi) is 10.1. The Hall–Kier alpha value is 0.350. The molecule has 0 spiro atoms. The summed E-state index contributed by atoms with van der Waals surface area (Å²) < 4.78 is 0. The molecule has 0 bridgehead atoms. The molecule has 0 N–H and O–H groups in total. The van der Waals surface area contributed by atoms with E-state index in [-0.39, 0.29) is 0 Å². The first-order valence-electron chi connectivity index (χ1n) is 9.32. The second kappa shape index (κ2) is 11.0. The number of hydrogen-bond donors (Lipinski definition) is 1. The van der Waals surface area contributed by atoms with Crippen molar-refractivity contribution in [1.29, 1.82) is 0 Å². The molecule has 2 atom stereocenters. The Morgan fingerprint density at radius 2 is 1.55 bits per heavy atom. The van der Waals surface area contributed by atoms with Gasteiger partial charge < -0.3 is 0 Å². The van der Waals surface area contributed by atoms with E-state index in [0.717, 1.165) is 29.4 Å². The molecule has 1 rings (SSSR count).